The van der Waals surface area contributed by atoms with Crippen LogP contribution in [0.3, 0.4) is 0 Å². The van der Waals surface area contributed by atoms with Crippen molar-refractivity contribution in [1.82, 2.24) is 14.9 Å². The molecule has 0 radical (unpaired) electrons. The van der Waals surface area contributed by atoms with E-state index in [2.05, 4.69) is 62.3 Å². The van der Waals surface area contributed by atoms with E-state index in [1.807, 2.05) is 7.05 Å². The van der Waals surface area contributed by atoms with E-state index in [4.69, 9.17) is 0 Å². The van der Waals surface area contributed by atoms with Crippen molar-refractivity contribution in [2.45, 2.75) is 26.3 Å². The van der Waals surface area contributed by atoms with Crippen molar-refractivity contribution in [3.63, 3.8) is 0 Å². The number of aromatic nitrogens is 2. The highest BCUT2D eigenvalue weighted by Crippen LogP contribution is 2.25. The van der Waals surface area contributed by atoms with Gasteiger partial charge in [-0.2, -0.15) is 0 Å². The van der Waals surface area contributed by atoms with Gasteiger partial charge in [0.05, 0.1) is 0 Å². The van der Waals surface area contributed by atoms with E-state index < -0.39 is 0 Å². The molecular formula is C12H22BrN5. The molecule has 1 heterocycles. The van der Waals surface area contributed by atoms with Crippen LogP contribution in [0.5, 0.6) is 0 Å². The van der Waals surface area contributed by atoms with Gasteiger partial charge in [0.25, 0.3) is 0 Å². The number of likely N-dealkylation sites (N-methyl/N-ethyl adjacent to an activating group) is 1. The molecule has 1 unspecified atom stereocenters. The minimum atomic E-state index is 0.605. The van der Waals surface area contributed by atoms with Crippen LogP contribution < -0.4 is 10.6 Å². The summed E-state index contributed by atoms with van der Waals surface area (Å²) < 4.78 is 0.874. The molecule has 102 valence electrons. The Kier molecular flexibility index (Phi) is 6.35. The third-order valence-corrected chi connectivity index (χ3v) is 3.88. The molecule has 1 atom stereocenters. The van der Waals surface area contributed by atoms with Crippen LogP contribution in [0.2, 0.25) is 0 Å². The van der Waals surface area contributed by atoms with Gasteiger partial charge < -0.3 is 15.5 Å². The van der Waals surface area contributed by atoms with Gasteiger partial charge in [0.15, 0.2) is 0 Å². The van der Waals surface area contributed by atoms with E-state index in [1.165, 1.54) is 0 Å². The average Bonchev–Trinajstić information content (AvgIpc) is 2.39. The fourth-order valence-corrected chi connectivity index (χ4v) is 2.09. The molecule has 0 aliphatic rings. The Labute approximate surface area is 118 Å². The zero-order valence-corrected chi connectivity index (χ0v) is 13.1. The first-order valence-corrected chi connectivity index (χ1v) is 7.01. The van der Waals surface area contributed by atoms with Gasteiger partial charge >= 0.3 is 0 Å². The normalized spacial score (nSPS) is 12.6. The van der Waals surface area contributed by atoms with Gasteiger partial charge in [0.2, 0.25) is 0 Å². The van der Waals surface area contributed by atoms with Crippen LogP contribution in [0, 0.1) is 0 Å². The molecule has 1 aromatic rings. The van der Waals surface area contributed by atoms with E-state index in [0.717, 1.165) is 35.6 Å². The molecule has 5 nitrogen and oxygen atoms in total. The first-order valence-electron chi connectivity index (χ1n) is 6.22. The molecule has 6 heteroatoms. The van der Waals surface area contributed by atoms with Gasteiger partial charge in [-0.25, -0.2) is 9.97 Å². The minimum Gasteiger partial charge on any atom is -0.372 e. The summed E-state index contributed by atoms with van der Waals surface area (Å²) in [5, 5.41) is 6.33. The van der Waals surface area contributed by atoms with Gasteiger partial charge in [-0.05, 0) is 36.3 Å². The third-order valence-electron chi connectivity index (χ3n) is 3.13. The van der Waals surface area contributed by atoms with Crippen molar-refractivity contribution in [2.24, 2.45) is 0 Å². The molecule has 1 rings (SSSR count). The number of nitrogens with zero attached hydrogens (tertiary/aromatic N) is 3. The highest BCUT2D eigenvalue weighted by molar-refractivity contribution is 9.10. The summed E-state index contributed by atoms with van der Waals surface area (Å²) in [6.07, 6.45) is 2.72. The quantitative estimate of drug-likeness (QED) is 0.809. The molecule has 0 spiro atoms. The highest BCUT2D eigenvalue weighted by atomic mass is 79.9. The number of anilines is 2. The van der Waals surface area contributed by atoms with Crippen molar-refractivity contribution in [3.05, 3.63) is 10.8 Å². The van der Waals surface area contributed by atoms with Crippen molar-refractivity contribution in [3.8, 4) is 0 Å². The van der Waals surface area contributed by atoms with Gasteiger partial charge in [0, 0.05) is 26.2 Å². The maximum atomic E-state index is 4.22. The summed E-state index contributed by atoms with van der Waals surface area (Å²) in [5.74, 6) is 1.62. The Morgan fingerprint density at radius 3 is 2.67 bits per heavy atom. The summed E-state index contributed by atoms with van der Waals surface area (Å²) in [4.78, 5) is 10.7. The van der Waals surface area contributed by atoms with E-state index in [0.29, 0.717) is 6.04 Å². The number of nitrogens with one attached hydrogen (secondary N) is 2. The molecule has 18 heavy (non-hydrogen) atoms. The van der Waals surface area contributed by atoms with Gasteiger partial charge in [-0.1, -0.05) is 6.92 Å². The summed E-state index contributed by atoms with van der Waals surface area (Å²) in [6.45, 7) is 6.29. The summed E-state index contributed by atoms with van der Waals surface area (Å²) in [5.41, 5.74) is 0. The predicted molar refractivity (Wildman–Crippen MR) is 80.2 cm³/mol. The lowest BCUT2D eigenvalue weighted by Gasteiger charge is -2.23. The topological polar surface area (TPSA) is 53.1 Å². The fourth-order valence-electron chi connectivity index (χ4n) is 1.55. The fraction of sp³-hybridized carbons (Fsp3) is 0.667. The standard InChI is InChI=1S/C12H22BrN5/c1-5-9(2)18(4)7-6-15-12-10(13)11(14-3)16-8-17-12/h8-9H,5-7H2,1-4H3,(H2,14,15,16,17). The highest BCUT2D eigenvalue weighted by Gasteiger charge is 2.08. The number of halogens is 1. The number of hydrogen-bond donors (Lipinski definition) is 2. The maximum Gasteiger partial charge on any atom is 0.145 e. The second kappa shape index (κ2) is 7.53. The molecule has 0 bridgehead atoms. The molecule has 0 saturated heterocycles. The largest absolute Gasteiger partial charge is 0.372 e. The SMILES string of the molecule is CCC(C)N(C)CCNc1ncnc(NC)c1Br. The zero-order chi connectivity index (χ0) is 13.5. The van der Waals surface area contributed by atoms with Crippen molar-refractivity contribution < 1.29 is 0 Å². The smallest absolute Gasteiger partial charge is 0.145 e. The van der Waals surface area contributed by atoms with Crippen molar-refractivity contribution >= 4 is 27.6 Å². The van der Waals surface area contributed by atoms with Crippen molar-refractivity contribution in [1.29, 1.82) is 0 Å². The molecule has 0 aliphatic carbocycles. The molecule has 0 aliphatic heterocycles. The van der Waals surface area contributed by atoms with E-state index in [-0.39, 0.29) is 0 Å². The number of hydrogen-bond acceptors (Lipinski definition) is 5. The molecule has 0 saturated carbocycles. The molecular weight excluding hydrogens is 294 g/mol. The third kappa shape index (κ3) is 4.10. The predicted octanol–water partition coefficient (Wildman–Crippen LogP) is 2.42. The maximum absolute atomic E-state index is 4.22. The van der Waals surface area contributed by atoms with Crippen molar-refractivity contribution in [2.75, 3.05) is 37.8 Å². The van der Waals surface area contributed by atoms with Crippen LogP contribution in [0.15, 0.2) is 10.8 Å². The summed E-state index contributed by atoms with van der Waals surface area (Å²) >= 11 is 3.49. The monoisotopic (exact) mass is 315 g/mol. The van der Waals surface area contributed by atoms with Crippen LogP contribution in [0.25, 0.3) is 0 Å². The summed E-state index contributed by atoms with van der Waals surface area (Å²) in [7, 11) is 3.98. The molecule has 2 N–H and O–H groups in total. The lowest BCUT2D eigenvalue weighted by molar-refractivity contribution is 0.261. The van der Waals surface area contributed by atoms with Gasteiger partial charge in [-0.3, -0.25) is 0 Å². The van der Waals surface area contributed by atoms with Gasteiger partial charge in [0.1, 0.15) is 22.4 Å². The Morgan fingerprint density at radius 2 is 2.06 bits per heavy atom. The van der Waals surface area contributed by atoms with Crippen LogP contribution in [-0.2, 0) is 0 Å². The van der Waals surface area contributed by atoms with Crippen LogP contribution in [0.1, 0.15) is 20.3 Å². The number of rotatable bonds is 7. The zero-order valence-electron chi connectivity index (χ0n) is 11.5. The van der Waals surface area contributed by atoms with Crippen LogP contribution in [0.4, 0.5) is 11.6 Å². The molecule has 0 aromatic carbocycles. The van der Waals surface area contributed by atoms with Crippen LogP contribution >= 0.6 is 15.9 Å². The second-order valence-electron chi connectivity index (χ2n) is 4.30. The lowest BCUT2D eigenvalue weighted by atomic mass is 10.2. The Balaban J connectivity index is 2.49. The average molecular weight is 316 g/mol. The van der Waals surface area contributed by atoms with Gasteiger partial charge in [-0.15, -0.1) is 0 Å². The Bertz CT molecular complexity index is 371. The summed E-state index contributed by atoms with van der Waals surface area (Å²) in [6, 6.07) is 0.605. The molecule has 0 fully saturated rings. The minimum absolute atomic E-state index is 0.605. The first-order chi connectivity index (χ1) is 8.60. The Hall–Kier alpha value is -0.880. The lowest BCUT2D eigenvalue weighted by Crippen LogP contribution is -2.32. The van der Waals surface area contributed by atoms with E-state index >= 15 is 0 Å². The van der Waals surface area contributed by atoms with E-state index in [1.54, 1.807) is 6.33 Å². The Morgan fingerprint density at radius 1 is 1.39 bits per heavy atom. The van der Waals surface area contributed by atoms with E-state index in [9.17, 15) is 0 Å². The molecule has 0 amide bonds. The molecule has 1 aromatic heterocycles. The first kappa shape index (κ1) is 15.2. The van der Waals surface area contributed by atoms with Crippen LogP contribution in [-0.4, -0.2) is 48.1 Å². The second-order valence-corrected chi connectivity index (χ2v) is 5.09.